The number of carbonyl (C=O) groups excluding carboxylic acids is 1. The Labute approximate surface area is 113 Å². The summed E-state index contributed by atoms with van der Waals surface area (Å²) in [6, 6.07) is 9.44. The molecule has 2 atom stereocenters. The molecule has 2 unspecified atom stereocenters. The van der Waals surface area contributed by atoms with Crippen molar-refractivity contribution in [3.05, 3.63) is 35.9 Å². The van der Waals surface area contributed by atoms with Crippen molar-refractivity contribution in [2.75, 3.05) is 13.6 Å². The van der Waals surface area contributed by atoms with E-state index in [0.29, 0.717) is 6.54 Å². The zero-order valence-electron chi connectivity index (χ0n) is 11.7. The van der Waals surface area contributed by atoms with E-state index < -0.39 is 11.7 Å². The lowest BCUT2D eigenvalue weighted by atomic mass is 9.94. The van der Waals surface area contributed by atoms with Crippen LogP contribution in [0.3, 0.4) is 0 Å². The van der Waals surface area contributed by atoms with Crippen molar-refractivity contribution in [1.29, 1.82) is 0 Å². The number of benzene rings is 1. The van der Waals surface area contributed by atoms with Gasteiger partial charge in [0.25, 0.3) is 0 Å². The summed E-state index contributed by atoms with van der Waals surface area (Å²) in [4.78, 5) is 14.0. The number of nitrogens with one attached hydrogen (secondary N) is 1. The maximum Gasteiger partial charge on any atom is 0.238 e. The quantitative estimate of drug-likeness (QED) is 0.906. The van der Waals surface area contributed by atoms with Crippen LogP contribution in [0, 0.1) is 0 Å². The summed E-state index contributed by atoms with van der Waals surface area (Å²) < 4.78 is 13.3. The predicted molar refractivity (Wildman–Crippen MR) is 73.5 cm³/mol. The van der Waals surface area contributed by atoms with Gasteiger partial charge in [0, 0.05) is 13.0 Å². The summed E-state index contributed by atoms with van der Waals surface area (Å²) in [5.74, 6) is -0.100. The highest BCUT2D eigenvalue weighted by Crippen LogP contribution is 2.23. The fourth-order valence-corrected chi connectivity index (χ4v) is 2.56. The van der Waals surface area contributed by atoms with Gasteiger partial charge < -0.3 is 5.32 Å². The molecule has 3 nitrogen and oxygen atoms in total. The molecule has 1 saturated heterocycles. The Kier molecular flexibility index (Phi) is 3.90. The van der Waals surface area contributed by atoms with Gasteiger partial charge in [0.05, 0.1) is 11.6 Å². The summed E-state index contributed by atoms with van der Waals surface area (Å²) >= 11 is 0. The highest BCUT2D eigenvalue weighted by molar-refractivity contribution is 5.83. The van der Waals surface area contributed by atoms with Crippen molar-refractivity contribution in [2.24, 2.45) is 0 Å². The molecule has 2 rings (SSSR count). The number of nitrogens with zero attached hydrogens (tertiary/aromatic N) is 1. The highest BCUT2D eigenvalue weighted by Gasteiger charge is 2.36. The fraction of sp³-hybridized carbons (Fsp3) is 0.533. The maximum absolute atomic E-state index is 13.3. The Bertz CT molecular complexity index is 447. The number of rotatable bonds is 3. The van der Waals surface area contributed by atoms with Crippen LogP contribution in [-0.2, 0) is 10.3 Å². The minimum absolute atomic E-state index is 0.100. The smallest absolute Gasteiger partial charge is 0.238 e. The molecule has 0 saturated carbocycles. The molecule has 1 aromatic carbocycles. The fourth-order valence-electron chi connectivity index (χ4n) is 2.56. The molecule has 1 aliphatic rings. The predicted octanol–water partition coefficient (Wildman–Crippen LogP) is 2.08. The number of likely N-dealkylation sites (tertiary alicyclic amines) is 1. The first-order valence-electron chi connectivity index (χ1n) is 6.62. The number of hydrogen-bond acceptors (Lipinski definition) is 2. The van der Waals surface area contributed by atoms with Gasteiger partial charge in [0.1, 0.15) is 6.17 Å². The van der Waals surface area contributed by atoms with Crippen LogP contribution in [0.5, 0.6) is 0 Å². The number of amides is 1. The van der Waals surface area contributed by atoms with Crippen molar-refractivity contribution in [3.63, 3.8) is 0 Å². The molecule has 1 heterocycles. The van der Waals surface area contributed by atoms with Gasteiger partial charge in [0.15, 0.2) is 0 Å². The lowest BCUT2D eigenvalue weighted by molar-refractivity contribution is -0.126. The zero-order valence-corrected chi connectivity index (χ0v) is 11.7. The SMILES string of the molecule is CN1CC(F)CC1C(=O)NC(C)(C)c1ccccc1. The third kappa shape index (κ3) is 3.13. The summed E-state index contributed by atoms with van der Waals surface area (Å²) in [6.07, 6.45) is -0.617. The topological polar surface area (TPSA) is 32.3 Å². The van der Waals surface area contributed by atoms with Gasteiger partial charge in [0.2, 0.25) is 5.91 Å². The van der Waals surface area contributed by atoms with E-state index in [-0.39, 0.29) is 18.4 Å². The largest absolute Gasteiger partial charge is 0.346 e. The van der Waals surface area contributed by atoms with Crippen molar-refractivity contribution < 1.29 is 9.18 Å². The van der Waals surface area contributed by atoms with E-state index in [1.54, 1.807) is 11.9 Å². The van der Waals surface area contributed by atoms with Gasteiger partial charge in [-0.2, -0.15) is 0 Å². The lowest BCUT2D eigenvalue weighted by Gasteiger charge is -2.30. The van der Waals surface area contributed by atoms with Gasteiger partial charge in [-0.15, -0.1) is 0 Å². The Hall–Kier alpha value is -1.42. The Morgan fingerprint density at radius 1 is 1.37 bits per heavy atom. The molecular weight excluding hydrogens is 243 g/mol. The first-order chi connectivity index (χ1) is 8.90. The van der Waals surface area contributed by atoms with Crippen LogP contribution in [0.15, 0.2) is 30.3 Å². The number of carbonyl (C=O) groups is 1. The molecule has 0 aromatic heterocycles. The monoisotopic (exact) mass is 264 g/mol. The zero-order chi connectivity index (χ0) is 14.0. The Morgan fingerprint density at radius 2 is 2.00 bits per heavy atom. The van der Waals surface area contributed by atoms with E-state index in [1.807, 2.05) is 44.2 Å². The summed E-state index contributed by atoms with van der Waals surface area (Å²) in [7, 11) is 1.79. The van der Waals surface area contributed by atoms with Gasteiger partial charge >= 0.3 is 0 Å². The Balaban J connectivity index is 2.06. The van der Waals surface area contributed by atoms with E-state index >= 15 is 0 Å². The van der Waals surface area contributed by atoms with Crippen LogP contribution in [-0.4, -0.2) is 36.6 Å². The van der Waals surface area contributed by atoms with E-state index in [1.165, 1.54) is 0 Å². The molecular formula is C15H21FN2O. The standard InChI is InChI=1S/C15H21FN2O/c1-15(2,11-7-5-4-6-8-11)17-14(19)13-9-12(16)10-18(13)3/h4-8,12-13H,9-10H2,1-3H3,(H,17,19). The molecule has 1 N–H and O–H groups in total. The summed E-state index contributed by atoms with van der Waals surface area (Å²) in [5, 5.41) is 3.02. The molecule has 4 heteroatoms. The van der Waals surface area contributed by atoms with Gasteiger partial charge in [-0.05, 0) is 26.5 Å². The molecule has 1 aliphatic heterocycles. The second kappa shape index (κ2) is 5.29. The summed E-state index contributed by atoms with van der Waals surface area (Å²) in [6.45, 7) is 4.26. The van der Waals surface area contributed by atoms with Gasteiger partial charge in [-0.1, -0.05) is 30.3 Å². The van der Waals surface area contributed by atoms with Crippen LogP contribution in [0.1, 0.15) is 25.8 Å². The van der Waals surface area contributed by atoms with Crippen molar-refractivity contribution in [1.82, 2.24) is 10.2 Å². The second-order valence-electron chi connectivity index (χ2n) is 5.77. The van der Waals surface area contributed by atoms with E-state index in [2.05, 4.69) is 5.32 Å². The second-order valence-corrected chi connectivity index (χ2v) is 5.77. The molecule has 0 bridgehead atoms. The average molecular weight is 264 g/mol. The van der Waals surface area contributed by atoms with Gasteiger partial charge in [-0.25, -0.2) is 4.39 Å². The number of hydrogen-bond donors (Lipinski definition) is 1. The van der Waals surface area contributed by atoms with Crippen LogP contribution in [0.4, 0.5) is 4.39 Å². The molecule has 1 amide bonds. The normalized spacial score (nSPS) is 24.4. The van der Waals surface area contributed by atoms with Crippen LogP contribution >= 0.6 is 0 Å². The van der Waals surface area contributed by atoms with E-state index in [4.69, 9.17) is 0 Å². The van der Waals surface area contributed by atoms with Crippen molar-refractivity contribution in [2.45, 2.75) is 38.0 Å². The third-order valence-corrected chi connectivity index (χ3v) is 3.73. The van der Waals surface area contributed by atoms with Crippen molar-refractivity contribution in [3.8, 4) is 0 Å². The van der Waals surface area contributed by atoms with Crippen LogP contribution in [0.25, 0.3) is 0 Å². The summed E-state index contributed by atoms with van der Waals surface area (Å²) in [5.41, 5.74) is 0.592. The Morgan fingerprint density at radius 3 is 2.53 bits per heavy atom. The highest BCUT2D eigenvalue weighted by atomic mass is 19.1. The average Bonchev–Trinajstić information content (AvgIpc) is 2.69. The minimum Gasteiger partial charge on any atom is -0.346 e. The molecule has 104 valence electrons. The van der Waals surface area contributed by atoms with Gasteiger partial charge in [-0.3, -0.25) is 9.69 Å². The van der Waals surface area contributed by atoms with E-state index in [9.17, 15) is 9.18 Å². The third-order valence-electron chi connectivity index (χ3n) is 3.73. The molecule has 1 aromatic rings. The molecule has 1 fully saturated rings. The van der Waals surface area contributed by atoms with Crippen LogP contribution in [0.2, 0.25) is 0 Å². The minimum atomic E-state index is -0.902. The maximum atomic E-state index is 13.3. The number of alkyl halides is 1. The molecule has 0 radical (unpaired) electrons. The number of halogens is 1. The molecule has 0 spiro atoms. The van der Waals surface area contributed by atoms with Crippen molar-refractivity contribution >= 4 is 5.91 Å². The molecule has 19 heavy (non-hydrogen) atoms. The van der Waals surface area contributed by atoms with E-state index in [0.717, 1.165) is 5.56 Å². The number of likely N-dealkylation sites (N-methyl/N-ethyl adjacent to an activating group) is 1. The van der Waals surface area contributed by atoms with Crippen LogP contribution < -0.4 is 5.32 Å². The first-order valence-corrected chi connectivity index (χ1v) is 6.62. The lowest BCUT2D eigenvalue weighted by Crippen LogP contribution is -2.49. The molecule has 0 aliphatic carbocycles. The first kappa shape index (κ1) is 14.0.